The van der Waals surface area contributed by atoms with Crippen molar-refractivity contribution in [1.29, 1.82) is 0 Å². The van der Waals surface area contributed by atoms with E-state index in [1.165, 1.54) is 0 Å². The smallest absolute Gasteiger partial charge is 0.313 e. The highest BCUT2D eigenvalue weighted by molar-refractivity contribution is 5.77. The predicted molar refractivity (Wildman–Crippen MR) is 66.6 cm³/mol. The van der Waals surface area contributed by atoms with E-state index < -0.39 is 5.41 Å². The monoisotopic (exact) mass is 243 g/mol. The lowest BCUT2D eigenvalue weighted by molar-refractivity contribution is -0.161. The molecule has 0 unspecified atom stereocenters. The van der Waals surface area contributed by atoms with Crippen molar-refractivity contribution in [2.24, 2.45) is 16.6 Å². The third-order valence-electron chi connectivity index (χ3n) is 3.36. The number of nitrogens with two attached hydrogens (primary N) is 1. The van der Waals surface area contributed by atoms with E-state index in [9.17, 15) is 4.79 Å². The molecule has 0 saturated carbocycles. The molecule has 0 aromatic rings. The van der Waals surface area contributed by atoms with Crippen molar-refractivity contribution in [2.45, 2.75) is 40.0 Å². The first-order valence-electron chi connectivity index (χ1n) is 6.35. The maximum absolute atomic E-state index is 12.1. The van der Waals surface area contributed by atoms with Gasteiger partial charge in [-0.2, -0.15) is 0 Å². The standard InChI is InChI=1S/C13H25NO3/c1-12(2,3)4-9-17-11(15)13(10-14)5-7-16-8-6-13/h4-10,14H2,1-3H3. The number of carbonyl (C=O) groups is 1. The van der Waals surface area contributed by atoms with E-state index in [0.29, 0.717) is 39.2 Å². The van der Waals surface area contributed by atoms with Crippen LogP contribution in [0.25, 0.3) is 0 Å². The third kappa shape index (κ3) is 4.28. The number of rotatable bonds is 4. The van der Waals surface area contributed by atoms with Gasteiger partial charge in [0.05, 0.1) is 12.0 Å². The molecule has 4 nitrogen and oxygen atoms in total. The van der Waals surface area contributed by atoms with Gasteiger partial charge in [0.25, 0.3) is 0 Å². The van der Waals surface area contributed by atoms with Crippen molar-refractivity contribution in [1.82, 2.24) is 0 Å². The van der Waals surface area contributed by atoms with Gasteiger partial charge in [-0.15, -0.1) is 0 Å². The predicted octanol–water partition coefficient (Wildman–Crippen LogP) is 1.72. The lowest BCUT2D eigenvalue weighted by Gasteiger charge is -2.33. The van der Waals surface area contributed by atoms with Crippen molar-refractivity contribution in [3.63, 3.8) is 0 Å². The van der Waals surface area contributed by atoms with Crippen molar-refractivity contribution < 1.29 is 14.3 Å². The van der Waals surface area contributed by atoms with Crippen LogP contribution in [-0.2, 0) is 14.3 Å². The van der Waals surface area contributed by atoms with Crippen LogP contribution in [0, 0.1) is 10.8 Å². The van der Waals surface area contributed by atoms with Gasteiger partial charge in [0.2, 0.25) is 0 Å². The molecule has 1 aliphatic rings. The van der Waals surface area contributed by atoms with Crippen molar-refractivity contribution in [3.8, 4) is 0 Å². The van der Waals surface area contributed by atoms with Gasteiger partial charge in [0.1, 0.15) is 0 Å². The molecule has 0 spiro atoms. The first-order valence-corrected chi connectivity index (χ1v) is 6.35. The van der Waals surface area contributed by atoms with E-state index in [4.69, 9.17) is 15.2 Å². The number of hydrogen-bond donors (Lipinski definition) is 1. The quantitative estimate of drug-likeness (QED) is 0.764. The summed E-state index contributed by atoms with van der Waals surface area (Å²) in [4.78, 5) is 12.1. The summed E-state index contributed by atoms with van der Waals surface area (Å²) in [5.41, 5.74) is 5.42. The molecule has 1 rings (SSSR count). The highest BCUT2D eigenvalue weighted by Gasteiger charge is 2.40. The van der Waals surface area contributed by atoms with Crippen LogP contribution in [0.15, 0.2) is 0 Å². The van der Waals surface area contributed by atoms with E-state index in [-0.39, 0.29) is 11.4 Å². The van der Waals surface area contributed by atoms with Gasteiger partial charge < -0.3 is 15.2 Å². The zero-order valence-corrected chi connectivity index (χ0v) is 11.3. The van der Waals surface area contributed by atoms with E-state index in [0.717, 1.165) is 6.42 Å². The van der Waals surface area contributed by atoms with Crippen LogP contribution in [0.1, 0.15) is 40.0 Å². The fourth-order valence-electron chi connectivity index (χ4n) is 1.86. The minimum absolute atomic E-state index is 0.146. The van der Waals surface area contributed by atoms with Crippen LogP contribution in [-0.4, -0.2) is 32.3 Å². The summed E-state index contributed by atoms with van der Waals surface area (Å²) in [6.45, 7) is 8.43. The summed E-state index contributed by atoms with van der Waals surface area (Å²) in [5, 5.41) is 0. The van der Waals surface area contributed by atoms with Gasteiger partial charge in [-0.3, -0.25) is 4.79 Å². The Balaban J connectivity index is 2.44. The molecule has 4 heteroatoms. The Labute approximate surface area is 104 Å². The highest BCUT2D eigenvalue weighted by Crippen LogP contribution is 2.31. The molecular formula is C13H25NO3. The molecule has 0 radical (unpaired) electrons. The molecule has 2 N–H and O–H groups in total. The summed E-state index contributed by atoms with van der Waals surface area (Å²) in [6.07, 6.45) is 2.23. The Bertz CT molecular complexity index is 252. The van der Waals surface area contributed by atoms with Gasteiger partial charge in [-0.25, -0.2) is 0 Å². The van der Waals surface area contributed by atoms with E-state index in [1.807, 2.05) is 0 Å². The van der Waals surface area contributed by atoms with Crippen molar-refractivity contribution in [3.05, 3.63) is 0 Å². The summed E-state index contributed by atoms with van der Waals surface area (Å²) in [6, 6.07) is 0. The molecule has 1 heterocycles. The number of ether oxygens (including phenoxy) is 2. The second-order valence-corrected chi connectivity index (χ2v) is 6.04. The molecule has 0 aliphatic carbocycles. The largest absolute Gasteiger partial charge is 0.465 e. The molecule has 0 aromatic heterocycles. The second-order valence-electron chi connectivity index (χ2n) is 6.04. The second kappa shape index (κ2) is 5.83. The van der Waals surface area contributed by atoms with Gasteiger partial charge in [0, 0.05) is 19.8 Å². The number of esters is 1. The van der Waals surface area contributed by atoms with Gasteiger partial charge >= 0.3 is 5.97 Å². The highest BCUT2D eigenvalue weighted by atomic mass is 16.5. The first kappa shape index (κ1) is 14.5. The minimum atomic E-state index is -0.504. The molecule has 0 atom stereocenters. The molecule has 0 bridgehead atoms. The minimum Gasteiger partial charge on any atom is -0.465 e. The SMILES string of the molecule is CC(C)(C)CCOC(=O)C1(CN)CCOCC1. The first-order chi connectivity index (χ1) is 7.90. The van der Waals surface area contributed by atoms with Crippen LogP contribution in [0.2, 0.25) is 0 Å². The van der Waals surface area contributed by atoms with E-state index in [1.54, 1.807) is 0 Å². The zero-order valence-electron chi connectivity index (χ0n) is 11.3. The van der Waals surface area contributed by atoms with Crippen LogP contribution in [0.3, 0.4) is 0 Å². The van der Waals surface area contributed by atoms with Crippen molar-refractivity contribution in [2.75, 3.05) is 26.4 Å². The van der Waals surface area contributed by atoms with E-state index >= 15 is 0 Å². The summed E-state index contributed by atoms with van der Waals surface area (Å²) < 4.78 is 10.6. The van der Waals surface area contributed by atoms with Gasteiger partial charge in [-0.05, 0) is 24.7 Å². The molecule has 1 fully saturated rings. The molecular weight excluding hydrogens is 218 g/mol. The Morgan fingerprint density at radius 3 is 2.41 bits per heavy atom. The summed E-state index contributed by atoms with van der Waals surface area (Å²) in [5.74, 6) is -0.146. The molecule has 1 saturated heterocycles. The van der Waals surface area contributed by atoms with Crippen LogP contribution < -0.4 is 5.73 Å². The fourth-order valence-corrected chi connectivity index (χ4v) is 1.86. The lowest BCUT2D eigenvalue weighted by Crippen LogP contribution is -2.44. The number of carbonyl (C=O) groups excluding carboxylic acids is 1. The molecule has 1 aliphatic heterocycles. The Morgan fingerprint density at radius 2 is 1.94 bits per heavy atom. The topological polar surface area (TPSA) is 61.5 Å². The Morgan fingerprint density at radius 1 is 1.35 bits per heavy atom. The Kier molecular flexibility index (Phi) is 4.95. The van der Waals surface area contributed by atoms with E-state index in [2.05, 4.69) is 20.8 Å². The van der Waals surface area contributed by atoms with Crippen LogP contribution in [0.4, 0.5) is 0 Å². The van der Waals surface area contributed by atoms with Crippen molar-refractivity contribution >= 4 is 5.97 Å². The molecule has 0 aromatic carbocycles. The molecule has 100 valence electrons. The average molecular weight is 243 g/mol. The average Bonchev–Trinajstić information content (AvgIpc) is 2.28. The zero-order chi connectivity index (χ0) is 12.9. The normalized spacial score (nSPS) is 20.0. The Hall–Kier alpha value is -0.610. The third-order valence-corrected chi connectivity index (χ3v) is 3.36. The van der Waals surface area contributed by atoms with Crippen LogP contribution >= 0.6 is 0 Å². The summed E-state index contributed by atoms with van der Waals surface area (Å²) >= 11 is 0. The maximum Gasteiger partial charge on any atom is 0.313 e. The van der Waals surface area contributed by atoms with Crippen LogP contribution in [0.5, 0.6) is 0 Å². The summed E-state index contributed by atoms with van der Waals surface area (Å²) in [7, 11) is 0. The lowest BCUT2D eigenvalue weighted by atomic mass is 9.80. The van der Waals surface area contributed by atoms with Gasteiger partial charge in [0.15, 0.2) is 0 Å². The molecule has 17 heavy (non-hydrogen) atoms. The molecule has 0 amide bonds. The fraction of sp³-hybridized carbons (Fsp3) is 0.923. The maximum atomic E-state index is 12.1. The van der Waals surface area contributed by atoms with Gasteiger partial charge in [-0.1, -0.05) is 20.8 Å². The number of hydrogen-bond acceptors (Lipinski definition) is 4.